The van der Waals surface area contributed by atoms with Crippen molar-refractivity contribution in [3.05, 3.63) is 83.7 Å². The number of rotatable bonds is 4. The van der Waals surface area contributed by atoms with Gasteiger partial charge in [0.2, 0.25) is 11.8 Å². The largest absolute Gasteiger partial charge is 0.273 e. The number of carbonyl (C=O) groups is 2. The monoisotopic (exact) mass is 336 g/mol. The molecule has 3 aromatic carbocycles. The molecule has 0 atom stereocenters. The van der Waals surface area contributed by atoms with E-state index < -0.39 is 11.7 Å². The molecule has 5 heteroatoms. The zero-order valence-electron chi connectivity index (χ0n) is 13.5. The fourth-order valence-corrected chi connectivity index (χ4v) is 2.66. The van der Waals surface area contributed by atoms with Crippen LogP contribution in [-0.4, -0.2) is 11.8 Å². The van der Waals surface area contributed by atoms with Crippen molar-refractivity contribution in [1.82, 2.24) is 10.9 Å². The lowest BCUT2D eigenvalue weighted by atomic mass is 10.0. The number of benzene rings is 3. The van der Waals surface area contributed by atoms with Crippen molar-refractivity contribution in [2.24, 2.45) is 0 Å². The van der Waals surface area contributed by atoms with Crippen LogP contribution in [0.3, 0.4) is 0 Å². The highest BCUT2D eigenvalue weighted by atomic mass is 19.1. The summed E-state index contributed by atoms with van der Waals surface area (Å²) in [6, 6.07) is 19.6. The minimum Gasteiger partial charge on any atom is -0.273 e. The standard InChI is InChI=1S/C20H17FN2O2/c21-18-11-4-2-7-16(18)13-20(25)23-22-19(24)12-15-9-5-8-14-6-1-3-10-17(14)15/h1-11H,12-13H2,(H,22,24)(H,23,25). The first kappa shape index (κ1) is 16.6. The summed E-state index contributed by atoms with van der Waals surface area (Å²) in [5, 5.41) is 2.05. The average Bonchev–Trinajstić information content (AvgIpc) is 2.62. The van der Waals surface area contributed by atoms with Gasteiger partial charge in [-0.15, -0.1) is 0 Å². The molecule has 0 saturated carbocycles. The van der Waals surface area contributed by atoms with E-state index >= 15 is 0 Å². The second-order valence-electron chi connectivity index (χ2n) is 5.68. The molecule has 0 fully saturated rings. The van der Waals surface area contributed by atoms with Crippen LogP contribution in [0, 0.1) is 5.82 Å². The summed E-state index contributed by atoms with van der Waals surface area (Å²) in [5.41, 5.74) is 5.85. The van der Waals surface area contributed by atoms with Gasteiger partial charge in [0.05, 0.1) is 12.8 Å². The molecule has 0 radical (unpaired) electrons. The fraction of sp³-hybridized carbons (Fsp3) is 0.100. The smallest absolute Gasteiger partial charge is 0.242 e. The Morgan fingerprint density at radius 3 is 2.04 bits per heavy atom. The van der Waals surface area contributed by atoms with E-state index in [4.69, 9.17) is 0 Å². The molecule has 0 unspecified atom stereocenters. The number of fused-ring (bicyclic) bond motifs is 1. The molecule has 2 amide bonds. The highest BCUT2D eigenvalue weighted by Crippen LogP contribution is 2.18. The van der Waals surface area contributed by atoms with Crippen LogP contribution in [0.25, 0.3) is 10.8 Å². The normalized spacial score (nSPS) is 10.4. The molecule has 126 valence electrons. The summed E-state index contributed by atoms with van der Waals surface area (Å²) >= 11 is 0. The summed E-state index contributed by atoms with van der Waals surface area (Å²) in [4.78, 5) is 23.9. The molecule has 0 aromatic heterocycles. The van der Waals surface area contributed by atoms with E-state index in [2.05, 4.69) is 10.9 Å². The minimum atomic E-state index is -0.476. The molecule has 0 aliphatic rings. The number of hydrogen-bond acceptors (Lipinski definition) is 2. The molecule has 2 N–H and O–H groups in total. The molecule has 0 aliphatic carbocycles. The lowest BCUT2D eigenvalue weighted by Gasteiger charge is -2.09. The van der Waals surface area contributed by atoms with Crippen LogP contribution in [0.15, 0.2) is 66.7 Å². The van der Waals surface area contributed by atoms with Gasteiger partial charge in [-0.05, 0) is 28.0 Å². The van der Waals surface area contributed by atoms with Crippen LogP contribution >= 0.6 is 0 Å². The Bertz CT molecular complexity index is 919. The van der Waals surface area contributed by atoms with Crippen molar-refractivity contribution >= 4 is 22.6 Å². The maximum Gasteiger partial charge on any atom is 0.242 e. The third-order valence-electron chi connectivity index (χ3n) is 3.88. The number of carbonyl (C=O) groups excluding carboxylic acids is 2. The summed E-state index contributed by atoms with van der Waals surface area (Å²) in [6.07, 6.45) is 0.00253. The van der Waals surface area contributed by atoms with E-state index in [-0.39, 0.29) is 24.3 Å². The van der Waals surface area contributed by atoms with Gasteiger partial charge < -0.3 is 0 Å². The highest BCUT2D eigenvalue weighted by molar-refractivity contribution is 5.91. The zero-order chi connectivity index (χ0) is 17.6. The van der Waals surface area contributed by atoms with Crippen molar-refractivity contribution in [3.63, 3.8) is 0 Å². The van der Waals surface area contributed by atoms with E-state index in [1.54, 1.807) is 12.1 Å². The molecule has 0 heterocycles. The predicted octanol–water partition coefficient (Wildman–Crippen LogP) is 2.91. The first-order chi connectivity index (χ1) is 12.1. The summed E-state index contributed by atoms with van der Waals surface area (Å²) in [5.74, 6) is -1.26. The van der Waals surface area contributed by atoms with Crippen LogP contribution in [0.5, 0.6) is 0 Å². The van der Waals surface area contributed by atoms with Crippen molar-refractivity contribution in [1.29, 1.82) is 0 Å². The molecule has 0 aliphatic heterocycles. The number of hydrogen-bond donors (Lipinski definition) is 2. The first-order valence-electron chi connectivity index (χ1n) is 7.91. The van der Waals surface area contributed by atoms with Crippen LogP contribution in [0.2, 0.25) is 0 Å². The molecule has 0 spiro atoms. The van der Waals surface area contributed by atoms with Gasteiger partial charge in [-0.2, -0.15) is 0 Å². The number of hydrazine groups is 1. The molecule has 3 aromatic rings. The molecule has 25 heavy (non-hydrogen) atoms. The molecular weight excluding hydrogens is 319 g/mol. The van der Waals surface area contributed by atoms with Crippen LogP contribution in [-0.2, 0) is 22.4 Å². The second-order valence-corrected chi connectivity index (χ2v) is 5.68. The Labute approximate surface area is 144 Å². The van der Waals surface area contributed by atoms with Gasteiger partial charge in [-0.3, -0.25) is 20.4 Å². The lowest BCUT2D eigenvalue weighted by molar-refractivity contribution is -0.128. The molecule has 0 bridgehead atoms. The van der Waals surface area contributed by atoms with Crippen molar-refractivity contribution in [2.75, 3.05) is 0 Å². The van der Waals surface area contributed by atoms with Crippen molar-refractivity contribution in [3.8, 4) is 0 Å². The van der Waals surface area contributed by atoms with Gasteiger partial charge in [0.25, 0.3) is 0 Å². The Morgan fingerprint density at radius 1 is 0.720 bits per heavy atom. The number of nitrogens with one attached hydrogen (secondary N) is 2. The molecular formula is C20H17FN2O2. The van der Waals surface area contributed by atoms with Gasteiger partial charge in [-0.1, -0.05) is 60.7 Å². The van der Waals surface area contributed by atoms with Crippen LogP contribution in [0.1, 0.15) is 11.1 Å². The zero-order valence-corrected chi connectivity index (χ0v) is 13.5. The predicted molar refractivity (Wildman–Crippen MR) is 94.0 cm³/mol. The number of amides is 2. The van der Waals surface area contributed by atoms with E-state index in [0.29, 0.717) is 0 Å². The molecule has 0 saturated heterocycles. The van der Waals surface area contributed by atoms with Crippen molar-refractivity contribution in [2.45, 2.75) is 12.8 Å². The summed E-state index contributed by atoms with van der Waals surface area (Å²) < 4.78 is 13.5. The van der Waals surface area contributed by atoms with Gasteiger partial charge >= 0.3 is 0 Å². The quantitative estimate of drug-likeness (QED) is 0.720. The van der Waals surface area contributed by atoms with E-state index in [1.165, 1.54) is 12.1 Å². The van der Waals surface area contributed by atoms with Gasteiger partial charge in [0.15, 0.2) is 0 Å². The maximum atomic E-state index is 13.5. The van der Waals surface area contributed by atoms with Gasteiger partial charge in [0.1, 0.15) is 5.82 Å². The van der Waals surface area contributed by atoms with E-state index in [1.807, 2.05) is 42.5 Å². The van der Waals surface area contributed by atoms with Crippen molar-refractivity contribution < 1.29 is 14.0 Å². The molecule has 3 rings (SSSR count). The third-order valence-corrected chi connectivity index (χ3v) is 3.88. The maximum absolute atomic E-state index is 13.5. The Balaban J connectivity index is 1.57. The highest BCUT2D eigenvalue weighted by Gasteiger charge is 2.10. The Hall–Kier alpha value is -3.21. The SMILES string of the molecule is O=C(Cc1ccccc1F)NNC(=O)Cc1cccc2ccccc12. The van der Waals surface area contributed by atoms with E-state index in [0.717, 1.165) is 16.3 Å². The van der Waals surface area contributed by atoms with E-state index in [9.17, 15) is 14.0 Å². The third kappa shape index (κ3) is 4.20. The Morgan fingerprint density at radius 2 is 1.28 bits per heavy atom. The summed E-state index contributed by atoms with van der Waals surface area (Å²) in [7, 11) is 0. The Kier molecular flexibility index (Phi) is 5.04. The average molecular weight is 336 g/mol. The molecule has 4 nitrogen and oxygen atoms in total. The number of halogens is 1. The summed E-state index contributed by atoms with van der Waals surface area (Å²) in [6.45, 7) is 0. The minimum absolute atomic E-state index is 0.138. The van der Waals surface area contributed by atoms with Crippen LogP contribution in [0.4, 0.5) is 4.39 Å². The second kappa shape index (κ2) is 7.57. The van der Waals surface area contributed by atoms with Gasteiger partial charge in [0, 0.05) is 0 Å². The van der Waals surface area contributed by atoms with Crippen LogP contribution < -0.4 is 10.9 Å². The lowest BCUT2D eigenvalue weighted by Crippen LogP contribution is -2.43. The topological polar surface area (TPSA) is 58.2 Å². The van der Waals surface area contributed by atoms with Gasteiger partial charge in [-0.25, -0.2) is 4.39 Å². The first-order valence-corrected chi connectivity index (χ1v) is 7.91. The fourth-order valence-electron chi connectivity index (χ4n) is 2.66.